The molecule has 1 aliphatic rings. The van der Waals surface area contributed by atoms with Crippen molar-refractivity contribution in [3.05, 3.63) is 62.8 Å². The molecular weight excluding hydrogens is 308 g/mol. The first-order chi connectivity index (χ1) is 9.79. The van der Waals surface area contributed by atoms with E-state index in [4.69, 9.17) is 11.6 Å². The molecule has 1 aromatic heterocycles. The molecule has 104 valence electrons. The van der Waals surface area contributed by atoms with Crippen molar-refractivity contribution >= 4 is 40.4 Å². The summed E-state index contributed by atoms with van der Waals surface area (Å²) in [7, 11) is 0. The highest BCUT2D eigenvalue weighted by molar-refractivity contribution is 7.98. The summed E-state index contributed by atoms with van der Waals surface area (Å²) in [5, 5.41) is 2.88. The van der Waals surface area contributed by atoms with E-state index in [2.05, 4.69) is 46.8 Å². The monoisotopic (exact) mass is 322 g/mol. The van der Waals surface area contributed by atoms with E-state index in [9.17, 15) is 0 Å². The van der Waals surface area contributed by atoms with Gasteiger partial charge in [-0.2, -0.15) is 11.8 Å². The largest absolute Gasteiger partial charge is 0.320 e. The van der Waals surface area contributed by atoms with E-state index >= 15 is 0 Å². The molecule has 1 unspecified atom stereocenters. The van der Waals surface area contributed by atoms with Crippen molar-refractivity contribution in [1.82, 2.24) is 10.9 Å². The van der Waals surface area contributed by atoms with E-state index in [1.54, 1.807) is 11.3 Å². The molecule has 0 amide bonds. The van der Waals surface area contributed by atoms with E-state index in [1.807, 2.05) is 23.9 Å². The van der Waals surface area contributed by atoms with Crippen LogP contribution < -0.4 is 10.9 Å². The lowest BCUT2D eigenvalue weighted by atomic mass is 10.0. The molecule has 20 heavy (non-hydrogen) atoms. The van der Waals surface area contributed by atoms with Crippen LogP contribution >= 0.6 is 34.7 Å². The summed E-state index contributed by atoms with van der Waals surface area (Å²) in [6, 6.07) is 12.5. The maximum absolute atomic E-state index is 5.97. The summed E-state index contributed by atoms with van der Waals surface area (Å²) in [5.41, 5.74) is 10.5. The number of thiophene rings is 1. The lowest BCUT2D eigenvalue weighted by Gasteiger charge is -2.11. The first-order valence-corrected chi connectivity index (χ1v) is 8.97. The van der Waals surface area contributed by atoms with Crippen LogP contribution in [0.25, 0.3) is 5.70 Å². The Kier molecular flexibility index (Phi) is 4.36. The standard InChI is InChI=1S/C15H15ClN2S2/c1-19-9-12-14(10-4-6-11(16)7-5-10)17-18-15(12)13-3-2-8-20-13/h2-8,15,17-18H,9H2,1H3. The Hall–Kier alpha value is -0.940. The predicted molar refractivity (Wildman–Crippen MR) is 90.1 cm³/mol. The van der Waals surface area contributed by atoms with E-state index in [-0.39, 0.29) is 6.04 Å². The van der Waals surface area contributed by atoms with Gasteiger partial charge in [-0.05, 0) is 41.0 Å². The van der Waals surface area contributed by atoms with Crippen LogP contribution in [0.3, 0.4) is 0 Å². The van der Waals surface area contributed by atoms with Crippen LogP contribution in [0.15, 0.2) is 47.4 Å². The molecule has 0 radical (unpaired) electrons. The van der Waals surface area contributed by atoms with Crippen molar-refractivity contribution in [3.63, 3.8) is 0 Å². The fourth-order valence-corrected chi connectivity index (χ4v) is 3.90. The first kappa shape index (κ1) is 14.0. The minimum atomic E-state index is 0.258. The van der Waals surface area contributed by atoms with Crippen molar-refractivity contribution < 1.29 is 0 Å². The molecule has 0 fully saturated rings. The zero-order valence-electron chi connectivity index (χ0n) is 11.0. The van der Waals surface area contributed by atoms with Crippen LogP contribution in [0.5, 0.6) is 0 Å². The molecule has 5 heteroatoms. The number of hydrogen-bond donors (Lipinski definition) is 2. The molecule has 0 saturated heterocycles. The Morgan fingerprint density at radius 1 is 1.25 bits per heavy atom. The summed E-state index contributed by atoms with van der Waals surface area (Å²) < 4.78 is 0. The molecule has 0 bridgehead atoms. The quantitative estimate of drug-likeness (QED) is 0.876. The van der Waals surface area contributed by atoms with Gasteiger partial charge in [0.1, 0.15) is 0 Å². The first-order valence-electron chi connectivity index (χ1n) is 6.32. The second-order valence-electron chi connectivity index (χ2n) is 4.56. The number of hydrazine groups is 1. The molecule has 1 aliphatic heterocycles. The second-order valence-corrected chi connectivity index (χ2v) is 6.84. The molecule has 1 aromatic carbocycles. The average Bonchev–Trinajstić information content (AvgIpc) is 3.09. The average molecular weight is 323 g/mol. The molecular formula is C15H15ClN2S2. The maximum atomic E-state index is 5.97. The summed E-state index contributed by atoms with van der Waals surface area (Å²) in [6.07, 6.45) is 2.14. The summed E-state index contributed by atoms with van der Waals surface area (Å²) in [4.78, 5) is 1.34. The molecule has 3 rings (SSSR count). The Labute approximate surface area is 132 Å². The van der Waals surface area contributed by atoms with Crippen LogP contribution in [0.1, 0.15) is 16.5 Å². The number of thioether (sulfide) groups is 1. The molecule has 2 N–H and O–H groups in total. The van der Waals surface area contributed by atoms with E-state index in [0.29, 0.717) is 0 Å². The van der Waals surface area contributed by atoms with Gasteiger partial charge in [0.05, 0.1) is 11.7 Å². The zero-order chi connectivity index (χ0) is 13.9. The van der Waals surface area contributed by atoms with Gasteiger partial charge >= 0.3 is 0 Å². The highest BCUT2D eigenvalue weighted by atomic mass is 35.5. The Morgan fingerprint density at radius 2 is 2.05 bits per heavy atom. The van der Waals surface area contributed by atoms with Gasteiger partial charge in [-0.25, -0.2) is 5.43 Å². The van der Waals surface area contributed by atoms with Crippen molar-refractivity contribution in [2.75, 3.05) is 12.0 Å². The van der Waals surface area contributed by atoms with Crippen molar-refractivity contribution in [3.8, 4) is 0 Å². The molecule has 0 saturated carbocycles. The van der Waals surface area contributed by atoms with E-state index in [0.717, 1.165) is 10.8 Å². The van der Waals surface area contributed by atoms with Gasteiger partial charge in [-0.1, -0.05) is 29.8 Å². The predicted octanol–water partition coefficient (Wildman–Crippen LogP) is 4.32. The van der Waals surface area contributed by atoms with Crippen LogP contribution in [-0.4, -0.2) is 12.0 Å². The fourth-order valence-electron chi connectivity index (χ4n) is 2.34. The molecule has 2 nitrogen and oxygen atoms in total. The minimum Gasteiger partial charge on any atom is -0.320 e. The SMILES string of the molecule is CSCC1=C(c2ccc(Cl)cc2)NNC1c1cccs1. The van der Waals surface area contributed by atoms with Gasteiger partial charge < -0.3 is 5.43 Å². The van der Waals surface area contributed by atoms with Gasteiger partial charge in [0.25, 0.3) is 0 Å². The molecule has 2 heterocycles. The van der Waals surface area contributed by atoms with Gasteiger partial charge in [-0.15, -0.1) is 11.3 Å². The van der Waals surface area contributed by atoms with Gasteiger partial charge in [0, 0.05) is 15.7 Å². The minimum absolute atomic E-state index is 0.258. The third-order valence-electron chi connectivity index (χ3n) is 3.27. The number of benzene rings is 1. The smallest absolute Gasteiger partial charge is 0.0844 e. The van der Waals surface area contributed by atoms with Crippen LogP contribution in [0.2, 0.25) is 5.02 Å². The molecule has 0 spiro atoms. The number of rotatable bonds is 4. The number of nitrogens with one attached hydrogen (secondary N) is 2. The van der Waals surface area contributed by atoms with Crippen LogP contribution in [-0.2, 0) is 0 Å². The van der Waals surface area contributed by atoms with Crippen LogP contribution in [0, 0.1) is 0 Å². The van der Waals surface area contributed by atoms with Crippen molar-refractivity contribution in [2.45, 2.75) is 6.04 Å². The zero-order valence-corrected chi connectivity index (χ0v) is 13.4. The third-order valence-corrected chi connectivity index (χ3v) is 5.06. The normalized spacial score (nSPS) is 18.4. The van der Waals surface area contributed by atoms with Gasteiger partial charge in [-0.3, -0.25) is 0 Å². The third kappa shape index (κ3) is 2.74. The second kappa shape index (κ2) is 6.22. The number of halogens is 1. The fraction of sp³-hybridized carbons (Fsp3) is 0.200. The molecule has 0 aliphatic carbocycles. The summed E-state index contributed by atoms with van der Waals surface area (Å²) >= 11 is 9.60. The van der Waals surface area contributed by atoms with Gasteiger partial charge in [0.2, 0.25) is 0 Å². The highest BCUT2D eigenvalue weighted by Crippen LogP contribution is 2.35. The Bertz CT molecular complexity index is 605. The topological polar surface area (TPSA) is 24.1 Å². The van der Waals surface area contributed by atoms with Crippen molar-refractivity contribution in [2.24, 2.45) is 0 Å². The lowest BCUT2D eigenvalue weighted by Crippen LogP contribution is -2.26. The maximum Gasteiger partial charge on any atom is 0.0844 e. The van der Waals surface area contributed by atoms with Crippen LogP contribution in [0.4, 0.5) is 0 Å². The summed E-state index contributed by atoms with van der Waals surface area (Å²) in [5.74, 6) is 1.00. The van der Waals surface area contributed by atoms with Crippen molar-refractivity contribution in [1.29, 1.82) is 0 Å². The summed E-state index contributed by atoms with van der Waals surface area (Å²) in [6.45, 7) is 0. The van der Waals surface area contributed by atoms with E-state index < -0.39 is 0 Å². The molecule has 2 aromatic rings. The van der Waals surface area contributed by atoms with Gasteiger partial charge in [0.15, 0.2) is 0 Å². The highest BCUT2D eigenvalue weighted by Gasteiger charge is 2.27. The lowest BCUT2D eigenvalue weighted by molar-refractivity contribution is 0.610. The Balaban J connectivity index is 1.99. The molecule has 1 atom stereocenters. The number of hydrogen-bond acceptors (Lipinski definition) is 4. The Morgan fingerprint density at radius 3 is 2.70 bits per heavy atom. The van der Waals surface area contributed by atoms with E-state index in [1.165, 1.54) is 21.7 Å².